The minimum Gasteiger partial charge on any atom is -0.304 e. The van der Waals surface area contributed by atoms with Gasteiger partial charge in [-0.15, -0.1) is 10.7 Å². The largest absolute Gasteiger partial charge is 0.304 e. The van der Waals surface area contributed by atoms with Crippen LogP contribution in [-0.4, -0.2) is 68.2 Å². The second kappa shape index (κ2) is 5.75. The molecular weight excluding hydrogens is 182 g/mol. The Hall–Kier alpha value is 0.1000. The molecule has 0 aromatic carbocycles. The maximum Gasteiger partial charge on any atom is 0.0182 e. The molecule has 0 bridgehead atoms. The van der Waals surface area contributed by atoms with Crippen molar-refractivity contribution in [2.75, 3.05) is 52.6 Å². The smallest absolute Gasteiger partial charge is 0.0182 e. The lowest BCUT2D eigenvalue weighted by atomic mass is 10.3. The van der Waals surface area contributed by atoms with E-state index in [-0.39, 0.29) is 10.7 Å². The molecule has 1 aliphatic rings. The fourth-order valence-corrected chi connectivity index (χ4v) is 1.89. The van der Waals surface area contributed by atoms with Gasteiger partial charge in [0, 0.05) is 39.3 Å². The standard InChI is InChI=1S/C9H21N3S/c1-11-6-8-12(9-7-11)5-4-10-13(2)3/h10H,2,4-9H2,1,3H3. The quantitative estimate of drug-likeness (QED) is 0.652. The minimum absolute atomic E-state index is 0.136. The molecule has 4 heteroatoms. The van der Waals surface area contributed by atoms with E-state index >= 15 is 0 Å². The number of piperazine rings is 1. The molecule has 1 heterocycles. The number of nitrogens with zero attached hydrogens (tertiary/aromatic N) is 2. The number of hydrogen-bond donors (Lipinski definition) is 1. The highest BCUT2D eigenvalue weighted by atomic mass is 32.2. The van der Waals surface area contributed by atoms with Crippen LogP contribution in [0.5, 0.6) is 0 Å². The van der Waals surface area contributed by atoms with Crippen molar-refractivity contribution < 1.29 is 0 Å². The van der Waals surface area contributed by atoms with Crippen LogP contribution in [0.4, 0.5) is 0 Å². The minimum atomic E-state index is 0.136. The normalized spacial score (nSPS) is 23.2. The summed E-state index contributed by atoms with van der Waals surface area (Å²) < 4.78 is 3.37. The van der Waals surface area contributed by atoms with E-state index in [1.54, 1.807) is 0 Å². The summed E-state index contributed by atoms with van der Waals surface area (Å²) in [5.41, 5.74) is 0. The Kier molecular flexibility index (Phi) is 4.94. The summed E-state index contributed by atoms with van der Waals surface area (Å²) in [6.07, 6.45) is 2.12. The molecule has 0 aromatic rings. The molecule has 1 fully saturated rings. The molecule has 1 saturated heterocycles. The van der Waals surface area contributed by atoms with Crippen LogP contribution in [0.2, 0.25) is 0 Å². The van der Waals surface area contributed by atoms with Gasteiger partial charge in [-0.05, 0) is 13.3 Å². The third kappa shape index (κ3) is 4.76. The van der Waals surface area contributed by atoms with Gasteiger partial charge in [-0.3, -0.25) is 9.62 Å². The van der Waals surface area contributed by atoms with E-state index in [4.69, 9.17) is 0 Å². The van der Waals surface area contributed by atoms with Crippen LogP contribution < -0.4 is 4.72 Å². The zero-order valence-corrected chi connectivity index (χ0v) is 9.57. The third-order valence-electron chi connectivity index (χ3n) is 2.37. The molecule has 0 amide bonds. The van der Waals surface area contributed by atoms with Gasteiger partial charge in [0.25, 0.3) is 0 Å². The predicted octanol–water partition coefficient (Wildman–Crippen LogP) is 0.0691. The van der Waals surface area contributed by atoms with Gasteiger partial charge < -0.3 is 4.90 Å². The molecule has 0 spiro atoms. The van der Waals surface area contributed by atoms with E-state index in [9.17, 15) is 0 Å². The maximum absolute atomic E-state index is 3.92. The molecule has 1 N–H and O–H groups in total. The monoisotopic (exact) mass is 203 g/mol. The van der Waals surface area contributed by atoms with E-state index in [0.29, 0.717) is 0 Å². The first-order valence-corrected chi connectivity index (χ1v) is 6.59. The van der Waals surface area contributed by atoms with Crippen molar-refractivity contribution in [1.29, 1.82) is 0 Å². The number of nitrogens with one attached hydrogen (secondary N) is 1. The third-order valence-corrected chi connectivity index (χ3v) is 3.07. The zero-order chi connectivity index (χ0) is 9.68. The van der Waals surface area contributed by atoms with E-state index in [0.717, 1.165) is 6.54 Å². The summed E-state index contributed by atoms with van der Waals surface area (Å²) in [6.45, 7) is 7.09. The highest BCUT2D eigenvalue weighted by molar-refractivity contribution is 8.11. The summed E-state index contributed by atoms with van der Waals surface area (Å²) in [6, 6.07) is 0. The Balaban J connectivity index is 2.05. The molecule has 1 aliphatic heterocycles. The van der Waals surface area contributed by atoms with Gasteiger partial charge in [0.05, 0.1) is 0 Å². The summed E-state index contributed by atoms with van der Waals surface area (Å²) in [4.78, 5) is 4.90. The first-order valence-electron chi connectivity index (χ1n) is 4.78. The summed E-state index contributed by atoms with van der Waals surface area (Å²) in [5, 5.41) is 0. The van der Waals surface area contributed by atoms with E-state index in [1.165, 1.54) is 32.7 Å². The van der Waals surface area contributed by atoms with Crippen molar-refractivity contribution in [1.82, 2.24) is 14.5 Å². The molecule has 0 saturated carbocycles. The maximum atomic E-state index is 3.92. The van der Waals surface area contributed by atoms with E-state index in [2.05, 4.69) is 33.7 Å². The lowest BCUT2D eigenvalue weighted by Gasteiger charge is -2.32. The summed E-state index contributed by atoms with van der Waals surface area (Å²) in [5.74, 6) is 3.92. The van der Waals surface area contributed by atoms with Crippen molar-refractivity contribution in [3.05, 3.63) is 0 Å². The average molecular weight is 203 g/mol. The van der Waals surface area contributed by atoms with E-state index in [1.807, 2.05) is 0 Å². The summed E-state index contributed by atoms with van der Waals surface area (Å²) >= 11 is 0. The van der Waals surface area contributed by atoms with Gasteiger partial charge in [-0.25, -0.2) is 0 Å². The summed E-state index contributed by atoms with van der Waals surface area (Å²) in [7, 11) is 2.33. The van der Waals surface area contributed by atoms with Gasteiger partial charge in [0.1, 0.15) is 0 Å². The van der Waals surface area contributed by atoms with Crippen LogP contribution >= 0.6 is 10.7 Å². The van der Waals surface area contributed by atoms with Crippen molar-refractivity contribution in [2.24, 2.45) is 0 Å². The van der Waals surface area contributed by atoms with Crippen molar-refractivity contribution in [3.8, 4) is 0 Å². The number of hydrogen-bond acceptors (Lipinski definition) is 3. The van der Waals surface area contributed by atoms with Gasteiger partial charge in [0.15, 0.2) is 0 Å². The Morgan fingerprint density at radius 1 is 1.31 bits per heavy atom. The lowest BCUT2D eigenvalue weighted by Crippen LogP contribution is -2.46. The Morgan fingerprint density at radius 2 is 1.92 bits per heavy atom. The van der Waals surface area contributed by atoms with Crippen LogP contribution in [0.15, 0.2) is 0 Å². The Bertz CT molecular complexity index is 164. The molecule has 1 rings (SSSR count). The van der Waals surface area contributed by atoms with Crippen LogP contribution in [0, 0.1) is 0 Å². The average Bonchev–Trinajstić information content (AvgIpc) is 2.08. The molecule has 1 atom stereocenters. The highest BCUT2D eigenvalue weighted by Gasteiger charge is 2.12. The zero-order valence-electron chi connectivity index (χ0n) is 8.75. The second-order valence-electron chi connectivity index (χ2n) is 3.68. The Labute approximate surface area is 84.2 Å². The van der Waals surface area contributed by atoms with Crippen molar-refractivity contribution in [2.45, 2.75) is 0 Å². The first-order chi connectivity index (χ1) is 6.18. The van der Waals surface area contributed by atoms with Gasteiger partial charge in [-0.1, -0.05) is 5.87 Å². The predicted molar refractivity (Wildman–Crippen MR) is 62.6 cm³/mol. The molecule has 1 unspecified atom stereocenters. The fourth-order valence-electron chi connectivity index (χ4n) is 1.45. The van der Waals surface area contributed by atoms with Crippen LogP contribution in [0.3, 0.4) is 0 Å². The van der Waals surface area contributed by atoms with Gasteiger partial charge in [-0.2, -0.15) is 0 Å². The molecule has 0 aliphatic carbocycles. The van der Waals surface area contributed by atoms with Crippen LogP contribution in [0.25, 0.3) is 0 Å². The Morgan fingerprint density at radius 3 is 2.46 bits per heavy atom. The molecule has 3 nitrogen and oxygen atoms in total. The number of rotatable bonds is 4. The van der Waals surface area contributed by atoms with Crippen molar-refractivity contribution in [3.63, 3.8) is 0 Å². The number of likely N-dealkylation sites (N-methyl/N-ethyl adjacent to an activating group) is 1. The topological polar surface area (TPSA) is 18.5 Å². The second-order valence-corrected chi connectivity index (χ2v) is 5.24. The van der Waals surface area contributed by atoms with Crippen molar-refractivity contribution >= 4 is 16.5 Å². The molecule has 0 aromatic heterocycles. The molecule has 0 radical (unpaired) electrons. The van der Waals surface area contributed by atoms with Crippen LogP contribution in [-0.2, 0) is 0 Å². The molecular formula is C9H21N3S. The van der Waals surface area contributed by atoms with Gasteiger partial charge >= 0.3 is 0 Å². The first kappa shape index (κ1) is 11.2. The SMILES string of the molecule is C=S(C)NCCN1CCN(C)CC1. The molecule has 78 valence electrons. The highest BCUT2D eigenvalue weighted by Crippen LogP contribution is 1.98. The molecule has 13 heavy (non-hydrogen) atoms. The fraction of sp³-hybridized carbons (Fsp3) is 0.889. The van der Waals surface area contributed by atoms with E-state index < -0.39 is 0 Å². The lowest BCUT2D eigenvalue weighted by molar-refractivity contribution is 0.156. The van der Waals surface area contributed by atoms with Gasteiger partial charge in [0.2, 0.25) is 0 Å². The van der Waals surface area contributed by atoms with Crippen LogP contribution in [0.1, 0.15) is 0 Å².